The number of hydrogen-bond acceptors (Lipinski definition) is 21. The molecule has 0 aromatic heterocycles. The molecule has 0 bridgehead atoms. The minimum Gasteiger partial charge on any atom is -0.491 e. The van der Waals surface area contributed by atoms with Gasteiger partial charge in [0.2, 0.25) is 35.4 Å². The maximum absolute atomic E-state index is 12.5. The van der Waals surface area contributed by atoms with Gasteiger partial charge in [-0.15, -0.1) is 0 Å². The number of nitrogens with zero attached hydrogens (tertiary/aromatic N) is 3. The van der Waals surface area contributed by atoms with Crippen LogP contribution in [-0.2, 0) is 28.8 Å². The maximum atomic E-state index is 12.5. The highest BCUT2D eigenvalue weighted by molar-refractivity contribution is 5.82. The van der Waals surface area contributed by atoms with Crippen LogP contribution in [0.2, 0.25) is 0 Å². The van der Waals surface area contributed by atoms with Crippen LogP contribution in [0.15, 0.2) is 72.8 Å². The lowest BCUT2D eigenvalue weighted by atomic mass is 9.85. The number of nitrogens with two attached hydrogens (primary N) is 6. The number of nitrogens with one attached hydrogen (secondary N) is 6. The fraction of sp³-hybridized carbons (Fsp3) is 0.538. The lowest BCUT2D eigenvalue weighted by Crippen LogP contribution is -2.47. The largest absolute Gasteiger partial charge is 0.491 e. The van der Waals surface area contributed by atoms with Crippen molar-refractivity contribution < 1.29 is 58.3 Å². The number of aliphatic hydroxyl groups excluding tert-OH is 3. The summed E-state index contributed by atoms with van der Waals surface area (Å²) in [7, 11) is 0. The van der Waals surface area contributed by atoms with Crippen molar-refractivity contribution in [3.05, 3.63) is 89.5 Å². The van der Waals surface area contributed by atoms with Gasteiger partial charge in [-0.2, -0.15) is 0 Å². The van der Waals surface area contributed by atoms with Gasteiger partial charge in [0.15, 0.2) is 0 Å². The molecule has 440 valence electrons. The monoisotopic (exact) mass is 1110 g/mol. The number of ether oxygens (including phenoxy) is 3. The highest BCUT2D eigenvalue weighted by Gasteiger charge is 2.23. The Balaban J connectivity index is 1.83. The molecule has 0 saturated carbocycles. The molecular weight excluding hydrogens is 1030 g/mol. The van der Waals surface area contributed by atoms with E-state index in [1.807, 2.05) is 36.4 Å². The van der Waals surface area contributed by atoms with Crippen molar-refractivity contribution in [2.24, 2.45) is 34.4 Å². The second kappa shape index (κ2) is 38.9. The predicted molar refractivity (Wildman–Crippen MR) is 296 cm³/mol. The van der Waals surface area contributed by atoms with Crippen molar-refractivity contribution in [2.75, 3.05) is 157 Å². The van der Waals surface area contributed by atoms with Gasteiger partial charge in [0, 0.05) is 104 Å². The molecule has 79 heavy (non-hydrogen) atoms. The van der Waals surface area contributed by atoms with E-state index < -0.39 is 18.3 Å². The minimum absolute atomic E-state index is 0.0497. The van der Waals surface area contributed by atoms with Gasteiger partial charge in [0.25, 0.3) is 0 Å². The Morgan fingerprint density at radius 3 is 0.722 bits per heavy atom. The molecule has 0 aliphatic heterocycles. The number of benzene rings is 3. The molecule has 3 aromatic rings. The molecule has 0 fully saturated rings. The standard InChI is InChI=1S/C52H85N15O12/c53-13-19-59-46(71)28-65(29-47(72)60-20-14-54)25-40(68)34-77-43-7-1-37(2-8-43)52(38-3-9-44(10-4-38)78-35-41(69)26-66(30-48(73)61-21-15-55)31-49(74)62-22-16-56)39-5-11-45(12-6-39)79-36-42(70)27-67(32-50(75)63-23-17-57)33-51(76)64-24-18-58/h1-12,40-42,52,68-70H,13-36,53-58H2,(H,59,71)(H,60,72)(H,61,73)(H,62,74)(H,63,75)(H,64,76). The fourth-order valence-electron chi connectivity index (χ4n) is 7.85. The first-order valence-corrected chi connectivity index (χ1v) is 26.3. The van der Waals surface area contributed by atoms with E-state index in [0.717, 1.165) is 16.7 Å². The smallest absolute Gasteiger partial charge is 0.234 e. The van der Waals surface area contributed by atoms with Crippen LogP contribution in [0.25, 0.3) is 0 Å². The third kappa shape index (κ3) is 28.2. The van der Waals surface area contributed by atoms with Gasteiger partial charge in [-0.3, -0.25) is 43.5 Å². The summed E-state index contributed by atoms with van der Waals surface area (Å²) in [6.07, 6.45) is -3.25. The molecule has 3 rings (SSSR count). The van der Waals surface area contributed by atoms with Crippen molar-refractivity contribution in [3.8, 4) is 17.2 Å². The van der Waals surface area contributed by atoms with Crippen molar-refractivity contribution in [3.63, 3.8) is 0 Å². The maximum Gasteiger partial charge on any atom is 0.234 e. The van der Waals surface area contributed by atoms with Crippen molar-refractivity contribution in [1.29, 1.82) is 0 Å². The van der Waals surface area contributed by atoms with Gasteiger partial charge in [-0.05, 0) is 53.1 Å². The molecule has 6 amide bonds. The molecular formula is C52H85N15O12. The highest BCUT2D eigenvalue weighted by atomic mass is 16.5. The van der Waals surface area contributed by atoms with E-state index in [1.165, 1.54) is 14.7 Å². The van der Waals surface area contributed by atoms with Gasteiger partial charge >= 0.3 is 0 Å². The Morgan fingerprint density at radius 1 is 0.354 bits per heavy atom. The van der Waals surface area contributed by atoms with Crippen LogP contribution >= 0.6 is 0 Å². The summed E-state index contributed by atoms with van der Waals surface area (Å²) < 4.78 is 17.9. The van der Waals surface area contributed by atoms with Crippen molar-refractivity contribution in [1.82, 2.24) is 46.6 Å². The van der Waals surface area contributed by atoms with Crippen LogP contribution in [0, 0.1) is 0 Å². The zero-order valence-corrected chi connectivity index (χ0v) is 45.0. The number of amides is 6. The number of rotatable bonds is 42. The molecule has 21 N–H and O–H groups in total. The zero-order chi connectivity index (χ0) is 57.8. The number of aliphatic hydroxyl groups is 3. The first kappa shape index (κ1) is 66.7. The zero-order valence-electron chi connectivity index (χ0n) is 45.0. The van der Waals surface area contributed by atoms with E-state index >= 15 is 0 Å². The fourth-order valence-corrected chi connectivity index (χ4v) is 7.85. The summed E-state index contributed by atoms with van der Waals surface area (Å²) >= 11 is 0. The SMILES string of the molecule is NCCNC(=O)CN(CC(=O)NCCN)CC(O)COc1ccc(C(c2ccc(OCC(O)CN(CC(=O)NCCN)CC(=O)NCCN)cc2)c2ccc(OCC(O)CN(CC(=O)NCCN)CC(=O)NCCN)cc2)cc1. The average molecular weight is 1110 g/mol. The third-order valence-electron chi connectivity index (χ3n) is 11.4. The Morgan fingerprint density at radius 2 is 0.544 bits per heavy atom. The van der Waals surface area contributed by atoms with Gasteiger partial charge in [0.1, 0.15) is 55.4 Å². The average Bonchev–Trinajstić information content (AvgIpc) is 3.46. The lowest BCUT2D eigenvalue weighted by molar-refractivity contribution is -0.127. The van der Waals surface area contributed by atoms with Gasteiger partial charge < -0.3 is 95.8 Å². The minimum atomic E-state index is -1.08. The third-order valence-corrected chi connectivity index (χ3v) is 11.4. The number of carbonyl (C=O) groups excluding carboxylic acids is 6. The summed E-state index contributed by atoms with van der Waals surface area (Å²) in [5.74, 6) is -1.20. The summed E-state index contributed by atoms with van der Waals surface area (Å²) in [4.78, 5) is 79.5. The molecule has 3 unspecified atom stereocenters. The molecule has 0 aliphatic carbocycles. The second-order valence-electron chi connectivity index (χ2n) is 18.4. The quantitative estimate of drug-likeness (QED) is 0.0235. The molecule has 3 aromatic carbocycles. The molecule has 27 nitrogen and oxygen atoms in total. The molecule has 3 atom stereocenters. The van der Waals surface area contributed by atoms with Crippen LogP contribution in [0.3, 0.4) is 0 Å². The van der Waals surface area contributed by atoms with Gasteiger partial charge in [-0.1, -0.05) is 36.4 Å². The summed E-state index contributed by atoms with van der Waals surface area (Å²) in [5, 5.41) is 49.0. The second-order valence-corrected chi connectivity index (χ2v) is 18.4. The van der Waals surface area contributed by atoms with Crippen molar-refractivity contribution >= 4 is 35.4 Å². The Kier molecular flexibility index (Phi) is 32.8. The molecule has 0 spiro atoms. The molecule has 0 radical (unpaired) electrons. The van der Waals surface area contributed by atoms with Crippen LogP contribution < -0.4 is 80.5 Å². The first-order chi connectivity index (χ1) is 38.1. The van der Waals surface area contributed by atoms with E-state index in [9.17, 15) is 44.1 Å². The normalized spacial score (nSPS) is 12.8. The van der Waals surface area contributed by atoms with E-state index in [4.69, 9.17) is 48.6 Å². The predicted octanol–water partition coefficient (Wildman–Crippen LogP) is -6.56. The Bertz CT molecular complexity index is 1920. The lowest BCUT2D eigenvalue weighted by Gasteiger charge is -2.24. The van der Waals surface area contributed by atoms with Crippen LogP contribution in [0.4, 0.5) is 0 Å². The first-order valence-electron chi connectivity index (χ1n) is 26.3. The number of hydrogen-bond donors (Lipinski definition) is 15. The summed E-state index contributed by atoms with van der Waals surface area (Å²) in [6.45, 7) is 1.43. The highest BCUT2D eigenvalue weighted by Crippen LogP contribution is 2.35. The molecule has 0 aliphatic rings. The summed E-state index contributed by atoms with van der Waals surface area (Å²) in [5.41, 5.74) is 35.6. The van der Waals surface area contributed by atoms with E-state index in [1.54, 1.807) is 36.4 Å². The topological polar surface area (TPSA) is 429 Å². The van der Waals surface area contributed by atoms with Crippen LogP contribution in [0.1, 0.15) is 22.6 Å². The van der Waals surface area contributed by atoms with E-state index in [2.05, 4.69) is 31.9 Å². The molecule has 27 heteroatoms. The van der Waals surface area contributed by atoms with Gasteiger partial charge in [-0.25, -0.2) is 0 Å². The Hall–Kier alpha value is -6.60. The summed E-state index contributed by atoms with van der Waals surface area (Å²) in [6, 6.07) is 21.8. The van der Waals surface area contributed by atoms with Gasteiger partial charge in [0.05, 0.1) is 39.3 Å². The molecule has 0 saturated heterocycles. The Labute approximate surface area is 461 Å². The van der Waals surface area contributed by atoms with Crippen LogP contribution in [0.5, 0.6) is 17.2 Å². The molecule has 0 heterocycles. The van der Waals surface area contributed by atoms with Crippen molar-refractivity contribution in [2.45, 2.75) is 24.2 Å². The van der Waals surface area contributed by atoms with E-state index in [-0.39, 0.29) is 199 Å². The number of carbonyl (C=O) groups is 6. The van der Waals surface area contributed by atoms with E-state index in [0.29, 0.717) is 17.2 Å². The van der Waals surface area contributed by atoms with Crippen LogP contribution in [-0.4, -0.2) is 241 Å².